The first-order valence-corrected chi connectivity index (χ1v) is 7.19. The van der Waals surface area contributed by atoms with E-state index >= 15 is 0 Å². The average molecular weight is 271 g/mol. The van der Waals surface area contributed by atoms with Gasteiger partial charge in [-0.25, -0.2) is 0 Å². The van der Waals surface area contributed by atoms with Crippen LogP contribution >= 0.6 is 0 Å². The highest BCUT2D eigenvalue weighted by molar-refractivity contribution is 5.37. The Kier molecular flexibility index (Phi) is 2.83. The second-order valence-corrected chi connectivity index (χ2v) is 5.54. The van der Waals surface area contributed by atoms with E-state index in [0.717, 1.165) is 18.1 Å². The Labute approximate surface area is 117 Å². The molecular formula is C15H17N3O2. The normalized spacial score (nSPS) is 21.7. The van der Waals surface area contributed by atoms with Crippen LogP contribution in [0.5, 0.6) is 5.75 Å². The largest absolute Gasteiger partial charge is 0.491 e. The predicted octanol–water partition coefficient (Wildman–Crippen LogP) is 2.75. The minimum absolute atomic E-state index is 0.180. The molecule has 1 N–H and O–H groups in total. The number of hydrogen-bond donors (Lipinski definition) is 1. The molecule has 1 aliphatic carbocycles. The Hall–Kier alpha value is -2.04. The van der Waals surface area contributed by atoms with Crippen molar-refractivity contribution in [3.05, 3.63) is 35.7 Å². The van der Waals surface area contributed by atoms with Gasteiger partial charge in [-0.05, 0) is 30.9 Å². The summed E-state index contributed by atoms with van der Waals surface area (Å²) in [5.74, 6) is 2.23. The van der Waals surface area contributed by atoms with Crippen LogP contribution in [0.4, 0.5) is 6.01 Å². The maximum atomic E-state index is 5.74. The summed E-state index contributed by atoms with van der Waals surface area (Å²) in [6.45, 7) is 0.623. The standard InChI is InChI=1S/C15H17N3O2/c1-2-7-13-11(4-1)8-12(9-19-13)16-15-18-17-14(20-15)10-5-3-6-10/h1-2,4,7,10,12H,3,5-6,8-9H2,(H,16,18)/t12-/m1/s1. The SMILES string of the molecule is c1ccc2c(c1)C[C@@H](Nc1nnc(C3CCC3)o1)CO2. The molecule has 4 rings (SSSR count). The van der Waals surface area contributed by atoms with Crippen molar-refractivity contribution in [3.63, 3.8) is 0 Å². The zero-order chi connectivity index (χ0) is 13.4. The van der Waals surface area contributed by atoms with Gasteiger partial charge in [0.05, 0.1) is 6.04 Å². The molecule has 0 unspecified atom stereocenters. The van der Waals surface area contributed by atoms with Crippen LogP contribution in [0.25, 0.3) is 0 Å². The van der Waals surface area contributed by atoms with Gasteiger partial charge in [-0.1, -0.05) is 29.7 Å². The van der Waals surface area contributed by atoms with Crippen molar-refractivity contribution in [3.8, 4) is 5.75 Å². The van der Waals surface area contributed by atoms with Gasteiger partial charge >= 0.3 is 6.01 Å². The highest BCUT2D eigenvalue weighted by atomic mass is 16.5. The number of aromatic nitrogens is 2. The molecule has 2 heterocycles. The molecule has 1 atom stereocenters. The van der Waals surface area contributed by atoms with Crippen LogP contribution in [-0.2, 0) is 6.42 Å². The van der Waals surface area contributed by atoms with E-state index in [0.29, 0.717) is 18.5 Å². The lowest BCUT2D eigenvalue weighted by Crippen LogP contribution is -2.33. The van der Waals surface area contributed by atoms with Gasteiger partial charge in [0.15, 0.2) is 0 Å². The summed E-state index contributed by atoms with van der Waals surface area (Å²) in [7, 11) is 0. The molecule has 20 heavy (non-hydrogen) atoms. The van der Waals surface area contributed by atoms with Crippen LogP contribution in [0.2, 0.25) is 0 Å². The fraction of sp³-hybridized carbons (Fsp3) is 0.467. The lowest BCUT2D eigenvalue weighted by molar-refractivity contribution is 0.269. The van der Waals surface area contributed by atoms with Crippen molar-refractivity contribution in [2.75, 3.05) is 11.9 Å². The number of benzene rings is 1. The van der Waals surface area contributed by atoms with E-state index in [1.807, 2.05) is 18.2 Å². The van der Waals surface area contributed by atoms with Crippen LogP contribution in [0.1, 0.15) is 36.6 Å². The van der Waals surface area contributed by atoms with Crippen LogP contribution in [0.15, 0.2) is 28.7 Å². The lowest BCUT2D eigenvalue weighted by atomic mass is 9.85. The summed E-state index contributed by atoms with van der Waals surface area (Å²) >= 11 is 0. The molecule has 5 heteroatoms. The molecule has 1 saturated carbocycles. The van der Waals surface area contributed by atoms with E-state index in [-0.39, 0.29) is 6.04 Å². The number of nitrogens with zero attached hydrogens (tertiary/aromatic N) is 2. The zero-order valence-corrected chi connectivity index (χ0v) is 11.2. The topological polar surface area (TPSA) is 60.2 Å². The summed E-state index contributed by atoms with van der Waals surface area (Å²) in [4.78, 5) is 0. The maximum absolute atomic E-state index is 5.74. The van der Waals surface area contributed by atoms with Gasteiger partial charge in [0, 0.05) is 5.92 Å². The number of anilines is 1. The summed E-state index contributed by atoms with van der Waals surface area (Å²) < 4.78 is 11.4. The first-order chi connectivity index (χ1) is 9.88. The van der Waals surface area contributed by atoms with E-state index in [4.69, 9.17) is 9.15 Å². The highest BCUT2D eigenvalue weighted by Crippen LogP contribution is 2.36. The molecule has 0 saturated heterocycles. The third-order valence-electron chi connectivity index (χ3n) is 4.10. The Bertz CT molecular complexity index is 607. The van der Waals surface area contributed by atoms with Crippen molar-refractivity contribution in [2.45, 2.75) is 37.6 Å². The molecule has 1 aromatic carbocycles. The maximum Gasteiger partial charge on any atom is 0.315 e. The molecule has 1 fully saturated rings. The monoisotopic (exact) mass is 271 g/mol. The van der Waals surface area contributed by atoms with E-state index in [1.54, 1.807) is 0 Å². The molecule has 1 aliphatic heterocycles. The van der Waals surface area contributed by atoms with E-state index in [9.17, 15) is 0 Å². The number of para-hydroxylation sites is 1. The first kappa shape index (κ1) is 11.8. The van der Waals surface area contributed by atoms with Crippen molar-refractivity contribution in [1.29, 1.82) is 0 Å². The second kappa shape index (κ2) is 4.81. The molecule has 2 aliphatic rings. The van der Waals surface area contributed by atoms with E-state index in [1.165, 1.54) is 24.8 Å². The Morgan fingerprint density at radius 2 is 2.05 bits per heavy atom. The second-order valence-electron chi connectivity index (χ2n) is 5.54. The quantitative estimate of drug-likeness (QED) is 0.930. The first-order valence-electron chi connectivity index (χ1n) is 7.19. The lowest BCUT2D eigenvalue weighted by Gasteiger charge is -2.25. The molecular weight excluding hydrogens is 254 g/mol. The summed E-state index contributed by atoms with van der Waals surface area (Å²) in [5.41, 5.74) is 1.22. The van der Waals surface area contributed by atoms with Gasteiger partial charge in [0.1, 0.15) is 12.4 Å². The number of ether oxygens (including phenoxy) is 1. The predicted molar refractivity (Wildman–Crippen MR) is 73.9 cm³/mol. The number of hydrogen-bond acceptors (Lipinski definition) is 5. The number of rotatable bonds is 3. The average Bonchev–Trinajstić information content (AvgIpc) is 2.85. The Balaban J connectivity index is 1.43. The molecule has 0 bridgehead atoms. The van der Waals surface area contributed by atoms with Crippen molar-refractivity contribution < 1.29 is 9.15 Å². The third-order valence-corrected chi connectivity index (χ3v) is 4.10. The van der Waals surface area contributed by atoms with Crippen LogP contribution in [0, 0.1) is 0 Å². The third kappa shape index (κ3) is 2.13. The van der Waals surface area contributed by atoms with Gasteiger partial charge in [-0.3, -0.25) is 0 Å². The summed E-state index contributed by atoms with van der Waals surface area (Å²) in [6, 6.07) is 8.82. The molecule has 104 valence electrons. The van der Waals surface area contributed by atoms with Gasteiger partial charge < -0.3 is 14.5 Å². The fourth-order valence-corrected chi connectivity index (χ4v) is 2.71. The zero-order valence-electron chi connectivity index (χ0n) is 11.2. The minimum Gasteiger partial charge on any atom is -0.491 e. The van der Waals surface area contributed by atoms with Gasteiger partial charge in [-0.2, -0.15) is 0 Å². The number of fused-ring (bicyclic) bond motifs is 1. The van der Waals surface area contributed by atoms with Crippen molar-refractivity contribution in [1.82, 2.24) is 10.2 Å². The summed E-state index contributed by atoms with van der Waals surface area (Å²) in [6.07, 6.45) is 4.52. The van der Waals surface area contributed by atoms with Gasteiger partial charge in [-0.15, -0.1) is 5.10 Å². The Morgan fingerprint density at radius 3 is 2.90 bits per heavy atom. The highest BCUT2D eigenvalue weighted by Gasteiger charge is 2.26. The fourth-order valence-electron chi connectivity index (χ4n) is 2.71. The molecule has 5 nitrogen and oxygen atoms in total. The minimum atomic E-state index is 0.180. The summed E-state index contributed by atoms with van der Waals surface area (Å²) in [5, 5.41) is 11.5. The molecule has 0 amide bonds. The van der Waals surface area contributed by atoms with Crippen LogP contribution < -0.4 is 10.1 Å². The van der Waals surface area contributed by atoms with E-state index in [2.05, 4.69) is 21.6 Å². The molecule has 0 spiro atoms. The smallest absolute Gasteiger partial charge is 0.315 e. The van der Waals surface area contributed by atoms with Crippen molar-refractivity contribution in [2.24, 2.45) is 0 Å². The Morgan fingerprint density at radius 1 is 1.15 bits per heavy atom. The molecule has 0 radical (unpaired) electrons. The molecule has 1 aromatic heterocycles. The van der Waals surface area contributed by atoms with Gasteiger partial charge in [0.25, 0.3) is 0 Å². The van der Waals surface area contributed by atoms with E-state index < -0.39 is 0 Å². The van der Waals surface area contributed by atoms with Crippen LogP contribution in [0.3, 0.4) is 0 Å². The van der Waals surface area contributed by atoms with Gasteiger partial charge in [0.2, 0.25) is 5.89 Å². The van der Waals surface area contributed by atoms with Crippen LogP contribution in [-0.4, -0.2) is 22.8 Å². The van der Waals surface area contributed by atoms with Crippen molar-refractivity contribution >= 4 is 6.01 Å². The number of nitrogens with one attached hydrogen (secondary N) is 1. The molecule has 2 aromatic rings.